The first-order chi connectivity index (χ1) is 8.31. The molecular weight excluding hydrogens is 236 g/mol. The van der Waals surface area contributed by atoms with Gasteiger partial charge in [0.15, 0.2) is 0 Å². The molecule has 0 aliphatic rings. The summed E-state index contributed by atoms with van der Waals surface area (Å²) in [6.45, 7) is 11.9. The normalized spacial score (nSPS) is 14.7. The summed E-state index contributed by atoms with van der Waals surface area (Å²) in [4.78, 5) is 11.3. The Kier molecular flexibility index (Phi) is 8.75. The van der Waals surface area contributed by atoms with Gasteiger partial charge in [-0.15, -0.1) is 0 Å². The number of hydrogen-bond donors (Lipinski definition) is 0. The van der Waals surface area contributed by atoms with E-state index in [1.807, 2.05) is 34.6 Å². The van der Waals surface area contributed by atoms with Crippen LogP contribution in [0.4, 0.5) is 4.79 Å². The third-order valence-corrected chi connectivity index (χ3v) is 1.90. The van der Waals surface area contributed by atoms with Crippen LogP contribution >= 0.6 is 0 Å². The summed E-state index contributed by atoms with van der Waals surface area (Å²) in [5.41, 5.74) is 0. The van der Waals surface area contributed by atoms with Crippen molar-refractivity contribution in [2.24, 2.45) is 0 Å². The van der Waals surface area contributed by atoms with Crippen LogP contribution in [0.25, 0.3) is 0 Å². The molecule has 2 atom stereocenters. The van der Waals surface area contributed by atoms with Crippen molar-refractivity contribution in [1.82, 2.24) is 0 Å². The van der Waals surface area contributed by atoms with E-state index in [9.17, 15) is 4.79 Å². The maximum atomic E-state index is 11.3. The first-order valence-corrected chi connectivity index (χ1v) is 6.41. The Hall–Kier alpha value is -0.810. The molecule has 0 bridgehead atoms. The van der Waals surface area contributed by atoms with Crippen molar-refractivity contribution in [3.63, 3.8) is 0 Å². The molecule has 0 aromatic heterocycles. The van der Waals surface area contributed by atoms with Crippen molar-refractivity contribution in [2.45, 2.75) is 66.0 Å². The fraction of sp³-hybridized carbons (Fsp3) is 0.923. The maximum Gasteiger partial charge on any atom is 0.508 e. The minimum absolute atomic E-state index is 0.109. The van der Waals surface area contributed by atoms with Crippen LogP contribution in [0.2, 0.25) is 0 Å². The SMILES string of the molecule is CC(C)OCC(C)OC(=O)OCC(C)OC(C)C. The summed E-state index contributed by atoms with van der Waals surface area (Å²) in [7, 11) is 0. The van der Waals surface area contributed by atoms with Gasteiger partial charge in [-0.3, -0.25) is 0 Å². The Labute approximate surface area is 110 Å². The quantitative estimate of drug-likeness (QED) is 0.630. The molecule has 0 aliphatic heterocycles. The molecule has 5 heteroatoms. The van der Waals surface area contributed by atoms with Crippen LogP contribution in [0.15, 0.2) is 0 Å². The van der Waals surface area contributed by atoms with Crippen LogP contribution in [0, 0.1) is 0 Å². The van der Waals surface area contributed by atoms with E-state index < -0.39 is 6.16 Å². The fourth-order valence-corrected chi connectivity index (χ4v) is 1.25. The van der Waals surface area contributed by atoms with E-state index in [0.29, 0.717) is 6.61 Å². The largest absolute Gasteiger partial charge is 0.508 e. The predicted molar refractivity (Wildman–Crippen MR) is 68.7 cm³/mol. The second-order valence-electron chi connectivity index (χ2n) is 4.87. The average Bonchev–Trinajstić information content (AvgIpc) is 2.22. The van der Waals surface area contributed by atoms with Gasteiger partial charge in [0.05, 0.1) is 24.9 Å². The molecule has 108 valence electrons. The van der Waals surface area contributed by atoms with Crippen molar-refractivity contribution in [1.29, 1.82) is 0 Å². The topological polar surface area (TPSA) is 54.0 Å². The van der Waals surface area contributed by atoms with Crippen LogP contribution in [0.3, 0.4) is 0 Å². The molecule has 0 aliphatic carbocycles. The molecule has 0 saturated heterocycles. The van der Waals surface area contributed by atoms with Crippen molar-refractivity contribution < 1.29 is 23.7 Å². The summed E-state index contributed by atoms with van der Waals surface area (Å²) in [6.07, 6.45) is -0.917. The van der Waals surface area contributed by atoms with Crippen LogP contribution in [0.5, 0.6) is 0 Å². The maximum absolute atomic E-state index is 11.3. The molecule has 2 unspecified atom stereocenters. The highest BCUT2D eigenvalue weighted by atomic mass is 16.7. The first-order valence-electron chi connectivity index (χ1n) is 6.41. The van der Waals surface area contributed by atoms with E-state index in [-0.39, 0.29) is 31.0 Å². The van der Waals surface area contributed by atoms with Crippen molar-refractivity contribution >= 4 is 6.16 Å². The molecule has 0 saturated carbocycles. The molecule has 5 nitrogen and oxygen atoms in total. The van der Waals surface area contributed by atoms with Gasteiger partial charge in [-0.2, -0.15) is 0 Å². The number of carbonyl (C=O) groups excluding carboxylic acids is 1. The highest BCUT2D eigenvalue weighted by Crippen LogP contribution is 2.01. The lowest BCUT2D eigenvalue weighted by atomic mass is 10.4. The molecule has 0 aromatic carbocycles. The summed E-state index contributed by atoms with van der Waals surface area (Å²) in [6, 6.07) is 0. The van der Waals surface area contributed by atoms with E-state index in [4.69, 9.17) is 18.9 Å². The van der Waals surface area contributed by atoms with Crippen LogP contribution in [0.1, 0.15) is 41.5 Å². The second kappa shape index (κ2) is 9.16. The van der Waals surface area contributed by atoms with Crippen LogP contribution < -0.4 is 0 Å². The Bertz CT molecular complexity index is 227. The molecule has 0 spiro atoms. The molecule has 0 N–H and O–H groups in total. The zero-order valence-electron chi connectivity index (χ0n) is 12.3. The molecular formula is C13H26O5. The number of rotatable bonds is 8. The third-order valence-electron chi connectivity index (χ3n) is 1.90. The van der Waals surface area contributed by atoms with Crippen molar-refractivity contribution in [3.8, 4) is 0 Å². The van der Waals surface area contributed by atoms with E-state index in [2.05, 4.69) is 0 Å². The number of carbonyl (C=O) groups is 1. The van der Waals surface area contributed by atoms with Gasteiger partial charge >= 0.3 is 6.16 Å². The van der Waals surface area contributed by atoms with Gasteiger partial charge in [0.1, 0.15) is 12.7 Å². The minimum Gasteiger partial charge on any atom is -0.432 e. The van der Waals surface area contributed by atoms with Crippen LogP contribution in [-0.2, 0) is 18.9 Å². The molecule has 18 heavy (non-hydrogen) atoms. The summed E-state index contributed by atoms with van der Waals surface area (Å²) >= 11 is 0. The zero-order valence-corrected chi connectivity index (χ0v) is 12.3. The standard InChI is InChI=1S/C13H26O5/c1-9(2)15-7-12(6)18-13(14)16-8-11(5)17-10(3)4/h9-12H,7-8H2,1-6H3. The summed E-state index contributed by atoms with van der Waals surface area (Å²) < 4.78 is 20.7. The van der Waals surface area contributed by atoms with Gasteiger partial charge in [-0.25, -0.2) is 4.79 Å². The lowest BCUT2D eigenvalue weighted by Crippen LogP contribution is -2.26. The summed E-state index contributed by atoms with van der Waals surface area (Å²) in [5.74, 6) is 0. The molecule has 0 radical (unpaired) electrons. The summed E-state index contributed by atoms with van der Waals surface area (Å²) in [5, 5.41) is 0. The van der Waals surface area contributed by atoms with E-state index in [1.165, 1.54) is 0 Å². The van der Waals surface area contributed by atoms with Gasteiger partial charge in [0, 0.05) is 0 Å². The van der Waals surface area contributed by atoms with Crippen LogP contribution in [-0.4, -0.2) is 43.8 Å². The first kappa shape index (κ1) is 17.2. The monoisotopic (exact) mass is 262 g/mol. The van der Waals surface area contributed by atoms with Gasteiger partial charge in [-0.1, -0.05) is 0 Å². The minimum atomic E-state index is -0.686. The highest BCUT2D eigenvalue weighted by Gasteiger charge is 2.14. The highest BCUT2D eigenvalue weighted by molar-refractivity contribution is 5.60. The van der Waals surface area contributed by atoms with E-state index >= 15 is 0 Å². The van der Waals surface area contributed by atoms with Gasteiger partial charge in [0.25, 0.3) is 0 Å². The zero-order chi connectivity index (χ0) is 14.1. The number of ether oxygens (including phenoxy) is 4. The predicted octanol–water partition coefficient (Wildman–Crippen LogP) is 2.77. The van der Waals surface area contributed by atoms with E-state index in [1.54, 1.807) is 6.92 Å². The molecule has 0 fully saturated rings. The van der Waals surface area contributed by atoms with Crippen molar-refractivity contribution in [2.75, 3.05) is 13.2 Å². The Morgan fingerprint density at radius 2 is 1.50 bits per heavy atom. The molecule has 0 rings (SSSR count). The Morgan fingerprint density at radius 3 is 2.00 bits per heavy atom. The molecule has 0 heterocycles. The Balaban J connectivity index is 3.70. The van der Waals surface area contributed by atoms with Gasteiger partial charge in [-0.05, 0) is 41.5 Å². The van der Waals surface area contributed by atoms with E-state index in [0.717, 1.165) is 0 Å². The lowest BCUT2D eigenvalue weighted by Gasteiger charge is -2.18. The fourth-order valence-electron chi connectivity index (χ4n) is 1.25. The smallest absolute Gasteiger partial charge is 0.432 e. The van der Waals surface area contributed by atoms with Crippen molar-refractivity contribution in [3.05, 3.63) is 0 Å². The average molecular weight is 262 g/mol. The Morgan fingerprint density at radius 1 is 0.889 bits per heavy atom. The second-order valence-corrected chi connectivity index (χ2v) is 4.87. The van der Waals surface area contributed by atoms with Gasteiger partial charge in [0.2, 0.25) is 0 Å². The molecule has 0 aromatic rings. The third kappa shape index (κ3) is 10.4. The van der Waals surface area contributed by atoms with Gasteiger partial charge < -0.3 is 18.9 Å². The molecule has 0 amide bonds. The lowest BCUT2D eigenvalue weighted by molar-refractivity contribution is -0.0521. The number of hydrogen-bond acceptors (Lipinski definition) is 5.